The third-order valence-corrected chi connectivity index (χ3v) is 1.59. The third-order valence-electron chi connectivity index (χ3n) is 1.59. The molecule has 0 saturated heterocycles. The summed E-state index contributed by atoms with van der Waals surface area (Å²) in [6.07, 6.45) is 10.2. The molecule has 2 aliphatic rings. The normalized spacial score (nSPS) is 22.2. The van der Waals surface area contributed by atoms with Gasteiger partial charge in [-0.2, -0.15) is 30.2 Å². The van der Waals surface area contributed by atoms with Crippen molar-refractivity contribution < 1.29 is 19.5 Å². The van der Waals surface area contributed by atoms with Crippen LogP contribution in [0.4, 0.5) is 0 Å². The zero-order valence-corrected chi connectivity index (χ0v) is 6.07. The van der Waals surface area contributed by atoms with Crippen molar-refractivity contribution in [3.63, 3.8) is 0 Å². The topological polar surface area (TPSA) is 0 Å². The van der Waals surface area contributed by atoms with Gasteiger partial charge in [-0.3, -0.25) is 0 Å². The Hall–Kier alpha value is -0.0266. The van der Waals surface area contributed by atoms with Crippen LogP contribution in [0.1, 0.15) is 6.42 Å². The molecule has 0 atom stereocenters. The van der Waals surface area contributed by atoms with Gasteiger partial charge in [0, 0.05) is 19.5 Å². The Labute approximate surface area is 62.4 Å². The molecule has 8 heavy (non-hydrogen) atoms. The smallest absolute Gasteiger partial charge is 0 e. The number of fused-ring (bicyclic) bond motifs is 2. The minimum Gasteiger partial charge on any atom is -0.184 e. The molecule has 0 fully saturated rings. The fourth-order valence-corrected chi connectivity index (χ4v) is 1.16. The van der Waals surface area contributed by atoms with Crippen molar-refractivity contribution >= 4 is 0 Å². The molecule has 2 rings (SSSR count). The second-order valence-electron chi connectivity index (χ2n) is 2.16. The quantitative estimate of drug-likeness (QED) is 0.406. The molecule has 0 aromatic heterocycles. The van der Waals surface area contributed by atoms with Gasteiger partial charge in [-0.25, -0.2) is 0 Å². The van der Waals surface area contributed by atoms with E-state index >= 15 is 0 Å². The number of rotatable bonds is 0. The summed E-state index contributed by atoms with van der Waals surface area (Å²) in [4.78, 5) is 0. The van der Waals surface area contributed by atoms with E-state index in [-0.39, 0.29) is 19.5 Å². The van der Waals surface area contributed by atoms with Crippen molar-refractivity contribution in [2.24, 2.45) is 5.92 Å². The van der Waals surface area contributed by atoms with Crippen LogP contribution in [0, 0.1) is 11.8 Å². The van der Waals surface area contributed by atoms with Crippen LogP contribution in [-0.2, 0) is 19.5 Å². The second kappa shape index (κ2) is 2.07. The van der Waals surface area contributed by atoms with Crippen LogP contribution >= 0.6 is 0 Å². The molecule has 1 heteroatoms. The number of hydrogen-bond donors (Lipinski definition) is 0. The summed E-state index contributed by atoms with van der Waals surface area (Å²) in [5, 5.41) is 0. The van der Waals surface area contributed by atoms with E-state index < -0.39 is 0 Å². The summed E-state index contributed by atoms with van der Waals surface area (Å²) in [7, 11) is 0. The number of hydrogen-bond acceptors (Lipinski definition) is 0. The van der Waals surface area contributed by atoms with Crippen molar-refractivity contribution in [1.29, 1.82) is 0 Å². The molecule has 0 amide bonds. The molecule has 0 spiro atoms. The summed E-state index contributed by atoms with van der Waals surface area (Å²) >= 11 is 0. The molecule has 0 aromatic carbocycles. The first kappa shape index (κ1) is 6.10. The van der Waals surface area contributed by atoms with E-state index in [1.807, 2.05) is 0 Å². The molecule has 0 saturated carbocycles. The minimum atomic E-state index is 0. The summed E-state index contributed by atoms with van der Waals surface area (Å²) in [6, 6.07) is 0. The standard InChI is InChI=1S/C7H7.Rh/c1-2-7-4-3-6(1)5-7;/h1-4,6H,5H2;/q-1;. The fraction of sp³-hybridized carbons (Fsp3) is 0.286. The molecule has 0 aromatic rings. The van der Waals surface area contributed by atoms with E-state index in [9.17, 15) is 0 Å². The van der Waals surface area contributed by atoms with Crippen molar-refractivity contribution in [3.05, 3.63) is 30.2 Å². The fourth-order valence-electron chi connectivity index (χ4n) is 1.16. The van der Waals surface area contributed by atoms with Gasteiger partial charge in [0.2, 0.25) is 0 Å². The van der Waals surface area contributed by atoms with Gasteiger partial charge in [0.1, 0.15) is 0 Å². The van der Waals surface area contributed by atoms with Crippen LogP contribution in [0.15, 0.2) is 24.3 Å². The van der Waals surface area contributed by atoms with Crippen LogP contribution < -0.4 is 0 Å². The van der Waals surface area contributed by atoms with E-state index in [1.165, 1.54) is 12.3 Å². The van der Waals surface area contributed by atoms with Gasteiger partial charge in [-0.15, -0.1) is 5.92 Å². The van der Waals surface area contributed by atoms with Gasteiger partial charge < -0.3 is 0 Å². The summed E-state index contributed by atoms with van der Waals surface area (Å²) in [6.45, 7) is 0. The molecule has 1 radical (unpaired) electrons. The molecule has 0 heterocycles. The van der Waals surface area contributed by atoms with E-state index in [2.05, 4.69) is 24.3 Å². The largest absolute Gasteiger partial charge is 0.184 e. The Balaban J connectivity index is 0.000000320. The first-order valence-corrected chi connectivity index (χ1v) is 2.67. The SMILES string of the molecule is C1=CC2C=C[C-]1C2.[Rh]. The maximum atomic E-state index is 2.26. The average molecular weight is 194 g/mol. The first-order chi connectivity index (χ1) is 3.45. The van der Waals surface area contributed by atoms with E-state index in [4.69, 9.17) is 0 Å². The molecule has 2 aliphatic carbocycles. The molecule has 45 valence electrons. The van der Waals surface area contributed by atoms with Crippen LogP contribution in [0.5, 0.6) is 0 Å². The van der Waals surface area contributed by atoms with Crippen LogP contribution in [0.25, 0.3) is 0 Å². The van der Waals surface area contributed by atoms with E-state index in [1.54, 1.807) is 0 Å². The molecule has 2 bridgehead atoms. The predicted molar refractivity (Wildman–Crippen MR) is 29.6 cm³/mol. The molecule has 0 aliphatic heterocycles. The van der Waals surface area contributed by atoms with Crippen LogP contribution in [0.2, 0.25) is 0 Å². The van der Waals surface area contributed by atoms with Gasteiger partial charge in [0.25, 0.3) is 0 Å². The summed E-state index contributed by atoms with van der Waals surface area (Å²) in [5.41, 5.74) is 0. The summed E-state index contributed by atoms with van der Waals surface area (Å²) < 4.78 is 0. The zero-order valence-electron chi connectivity index (χ0n) is 4.43. The van der Waals surface area contributed by atoms with Gasteiger partial charge >= 0.3 is 0 Å². The molecule has 0 N–H and O–H groups in total. The van der Waals surface area contributed by atoms with Crippen molar-refractivity contribution in [3.8, 4) is 0 Å². The zero-order chi connectivity index (χ0) is 4.69. The summed E-state index contributed by atoms with van der Waals surface area (Å²) in [5.74, 6) is 2.28. The number of allylic oxidation sites excluding steroid dienone is 4. The molecule has 0 unspecified atom stereocenters. The first-order valence-electron chi connectivity index (χ1n) is 2.67. The molecular formula is C7H7Rh-. The minimum absolute atomic E-state index is 0. The van der Waals surface area contributed by atoms with E-state index in [0.29, 0.717) is 0 Å². The maximum Gasteiger partial charge on any atom is 0 e. The Morgan fingerprint density at radius 3 is 2.00 bits per heavy atom. The van der Waals surface area contributed by atoms with Crippen molar-refractivity contribution in [2.45, 2.75) is 6.42 Å². The Bertz CT molecular complexity index is 107. The van der Waals surface area contributed by atoms with E-state index in [0.717, 1.165) is 5.92 Å². The molecule has 0 nitrogen and oxygen atoms in total. The van der Waals surface area contributed by atoms with Crippen molar-refractivity contribution in [2.75, 3.05) is 0 Å². The third kappa shape index (κ3) is 0.757. The van der Waals surface area contributed by atoms with Crippen LogP contribution in [0.3, 0.4) is 0 Å². The maximum absolute atomic E-state index is 2.26. The van der Waals surface area contributed by atoms with Gasteiger partial charge in [0.15, 0.2) is 0 Å². The van der Waals surface area contributed by atoms with Gasteiger partial charge in [-0.05, 0) is 0 Å². The van der Waals surface area contributed by atoms with Crippen molar-refractivity contribution in [1.82, 2.24) is 0 Å². The Morgan fingerprint density at radius 1 is 1.25 bits per heavy atom. The Morgan fingerprint density at radius 2 is 1.88 bits per heavy atom. The monoisotopic (exact) mass is 194 g/mol. The van der Waals surface area contributed by atoms with Gasteiger partial charge in [0.05, 0.1) is 0 Å². The van der Waals surface area contributed by atoms with Gasteiger partial charge in [-0.1, -0.05) is 6.42 Å². The average Bonchev–Trinajstić information content (AvgIpc) is 2.22. The van der Waals surface area contributed by atoms with Crippen LogP contribution in [-0.4, -0.2) is 0 Å². The second-order valence-corrected chi connectivity index (χ2v) is 2.16. The Kier molecular flexibility index (Phi) is 1.58. The predicted octanol–water partition coefficient (Wildman–Crippen LogP) is 1.70. The molecular weight excluding hydrogens is 187 g/mol.